The van der Waals surface area contributed by atoms with Gasteiger partial charge < -0.3 is 52.1 Å². The predicted octanol–water partition coefficient (Wildman–Crippen LogP) is 27.1. The summed E-state index contributed by atoms with van der Waals surface area (Å²) < 4.78 is 59.5. The highest BCUT2D eigenvalue weighted by molar-refractivity contribution is 5.21. The summed E-state index contributed by atoms with van der Waals surface area (Å²) in [6.45, 7) is 54.2. The van der Waals surface area contributed by atoms with E-state index in [9.17, 15) is 0 Å². The van der Waals surface area contributed by atoms with Crippen LogP contribution in [0.25, 0.3) is 0 Å². The molecule has 2 bridgehead atoms. The average molecular weight is 1530 g/mol. The van der Waals surface area contributed by atoms with Crippen molar-refractivity contribution in [1.29, 1.82) is 0 Å². The molecular formula is C98H174O11. The topological polar surface area (TPSA) is 102 Å². The SMILES string of the molecule is CC(C)OC1CCCC1.CC(C)OC1CCCCC1.CC(C)OCCc1ccccc1.CC(C)OCc1ccccc1.CC(C)Oc1ccccc1.CCC(C)OCc1ccccc1.CCOC(C)(C)C.CCOCC1CC2CCC1C2.CCOCC1CCCCC1.CCOCCC1CCCCC1.COC(C)(C)C. The smallest absolute Gasteiger partial charge is 0.119 e. The maximum absolute atomic E-state index is 5.69. The molecule has 4 aromatic rings. The molecule has 0 radical (unpaired) electrons. The second kappa shape index (κ2) is 69.8. The second-order valence-electron chi connectivity index (χ2n) is 33.6. The first-order chi connectivity index (χ1) is 52.1. The highest BCUT2D eigenvalue weighted by atomic mass is 16.5. The Bertz CT molecular complexity index is 2460. The summed E-state index contributed by atoms with van der Waals surface area (Å²) in [4.78, 5) is 0. The van der Waals surface area contributed by atoms with Gasteiger partial charge in [-0.1, -0.05) is 206 Å². The van der Waals surface area contributed by atoms with Crippen molar-refractivity contribution in [2.75, 3.05) is 60.0 Å². The van der Waals surface area contributed by atoms with Crippen molar-refractivity contribution >= 4 is 0 Å². The summed E-state index contributed by atoms with van der Waals surface area (Å²) in [6, 6.07) is 40.7. The molecule has 4 aromatic carbocycles. The van der Waals surface area contributed by atoms with Crippen LogP contribution in [0.5, 0.6) is 5.75 Å². The van der Waals surface area contributed by atoms with Crippen molar-refractivity contribution in [2.45, 2.75) is 393 Å². The van der Waals surface area contributed by atoms with Crippen molar-refractivity contribution in [3.8, 4) is 5.75 Å². The Balaban J connectivity index is 0.00000118. The molecule has 0 heterocycles. The summed E-state index contributed by atoms with van der Waals surface area (Å²) in [6.07, 6.45) is 39.1. The van der Waals surface area contributed by atoms with Gasteiger partial charge in [-0.2, -0.15) is 0 Å². The number of ether oxygens (including phenoxy) is 11. The van der Waals surface area contributed by atoms with E-state index in [2.05, 4.69) is 145 Å². The van der Waals surface area contributed by atoms with Crippen LogP contribution < -0.4 is 4.74 Å². The molecule has 11 heteroatoms. The monoisotopic (exact) mass is 1530 g/mol. The molecule has 4 atom stereocenters. The average Bonchev–Trinajstić information content (AvgIpc) is 1.68. The van der Waals surface area contributed by atoms with Crippen molar-refractivity contribution in [1.82, 2.24) is 0 Å². The second-order valence-corrected chi connectivity index (χ2v) is 33.6. The molecule has 6 aliphatic carbocycles. The lowest BCUT2D eigenvalue weighted by Crippen LogP contribution is -2.20. The number of rotatable bonds is 28. The molecule has 632 valence electrons. The fraction of sp³-hybridized carbons (Fsp3) is 0.755. The first-order valence-corrected chi connectivity index (χ1v) is 44.1. The number of fused-ring (bicyclic) bond motifs is 2. The van der Waals surface area contributed by atoms with E-state index in [0.717, 1.165) is 114 Å². The number of para-hydroxylation sites is 1. The molecule has 0 aliphatic heterocycles. The Morgan fingerprint density at radius 3 is 1.16 bits per heavy atom. The van der Waals surface area contributed by atoms with Crippen LogP contribution in [0.2, 0.25) is 0 Å². The summed E-state index contributed by atoms with van der Waals surface area (Å²) in [7, 11) is 1.71. The minimum absolute atomic E-state index is 0.0417. The number of hydrogen-bond acceptors (Lipinski definition) is 11. The third kappa shape index (κ3) is 68.4. The van der Waals surface area contributed by atoms with Gasteiger partial charge in [0.05, 0.1) is 79.9 Å². The van der Waals surface area contributed by atoms with Gasteiger partial charge in [-0.05, 0) is 281 Å². The van der Waals surface area contributed by atoms with Crippen LogP contribution in [0.4, 0.5) is 0 Å². The Kier molecular flexibility index (Phi) is 67.4. The molecule has 0 N–H and O–H groups in total. The van der Waals surface area contributed by atoms with Crippen LogP contribution in [-0.4, -0.2) is 120 Å². The third-order valence-electron chi connectivity index (χ3n) is 19.5. The molecule has 6 saturated carbocycles. The van der Waals surface area contributed by atoms with Crippen molar-refractivity contribution in [3.05, 3.63) is 138 Å². The van der Waals surface area contributed by atoms with Gasteiger partial charge in [0, 0.05) is 53.4 Å². The van der Waals surface area contributed by atoms with Gasteiger partial charge in [-0.15, -0.1) is 0 Å². The molecular weight excluding hydrogens is 1350 g/mol. The van der Waals surface area contributed by atoms with E-state index in [1.54, 1.807) is 7.11 Å². The summed E-state index contributed by atoms with van der Waals surface area (Å²) in [5, 5.41) is 0. The van der Waals surface area contributed by atoms with Gasteiger partial charge in [0.25, 0.3) is 0 Å². The Labute approximate surface area is 674 Å². The quantitative estimate of drug-likeness (QED) is 0.0508. The summed E-state index contributed by atoms with van der Waals surface area (Å²) in [5.41, 5.74) is 3.92. The minimum atomic E-state index is 0.0417. The van der Waals surface area contributed by atoms with Gasteiger partial charge in [0.1, 0.15) is 5.75 Å². The zero-order chi connectivity index (χ0) is 81.2. The van der Waals surface area contributed by atoms with Gasteiger partial charge in [-0.3, -0.25) is 0 Å². The lowest BCUT2D eigenvalue weighted by molar-refractivity contribution is -0.0118. The fourth-order valence-electron chi connectivity index (χ4n) is 13.4. The van der Waals surface area contributed by atoms with Crippen LogP contribution in [0.1, 0.15) is 330 Å². The molecule has 6 aliphatic rings. The molecule has 0 spiro atoms. The fourth-order valence-corrected chi connectivity index (χ4v) is 13.4. The van der Waals surface area contributed by atoms with E-state index in [4.69, 9.17) is 52.1 Å². The van der Waals surface area contributed by atoms with E-state index in [1.165, 1.54) is 171 Å². The predicted molar refractivity (Wildman–Crippen MR) is 467 cm³/mol. The molecule has 4 unspecified atom stereocenters. The lowest BCUT2D eigenvalue weighted by Gasteiger charge is -2.23. The largest absolute Gasteiger partial charge is 0.491 e. The Hall–Kier alpha value is -3.72. The third-order valence-corrected chi connectivity index (χ3v) is 19.5. The van der Waals surface area contributed by atoms with Gasteiger partial charge in [0.2, 0.25) is 0 Å². The van der Waals surface area contributed by atoms with Gasteiger partial charge in [-0.25, -0.2) is 0 Å². The van der Waals surface area contributed by atoms with Crippen LogP contribution in [-0.2, 0) is 67.0 Å². The van der Waals surface area contributed by atoms with Crippen LogP contribution in [0.15, 0.2) is 121 Å². The first kappa shape index (κ1) is 105. The van der Waals surface area contributed by atoms with Crippen molar-refractivity contribution in [2.24, 2.45) is 29.6 Å². The van der Waals surface area contributed by atoms with Crippen LogP contribution in [0, 0.1) is 29.6 Å². The highest BCUT2D eigenvalue weighted by Gasteiger charge is 2.39. The van der Waals surface area contributed by atoms with Crippen molar-refractivity contribution in [3.63, 3.8) is 0 Å². The summed E-state index contributed by atoms with van der Waals surface area (Å²) >= 11 is 0. The van der Waals surface area contributed by atoms with E-state index in [1.807, 2.05) is 128 Å². The Morgan fingerprint density at radius 2 is 0.789 bits per heavy atom. The normalized spacial score (nSPS) is 18.0. The zero-order valence-electron chi connectivity index (χ0n) is 75.0. The number of hydrogen-bond donors (Lipinski definition) is 0. The first-order valence-electron chi connectivity index (χ1n) is 44.1. The van der Waals surface area contributed by atoms with E-state index in [-0.39, 0.29) is 17.3 Å². The number of methoxy groups -OCH3 is 1. The van der Waals surface area contributed by atoms with Crippen molar-refractivity contribution < 1.29 is 52.1 Å². The standard InChI is InChI=1S/2C11H16O.C10H18O.C10H14O.C10H20O.C9H18O.C9H12O.C9H18O.C8H16O.C6H14O.C5H12O/c1-10(2)12-9-8-11-6-4-3-5-7-11;1-3-10(2)12-9-11-7-5-4-6-8-11;1-2-11-7-10-6-8-3-4-9(10)5-8;1-9(2)11-8-10-6-4-3-5-7-10;1-2-11-9-8-10-6-4-3-5-7-10;2*1-8(2)10-9-6-4-3-5-7-9;1-2-10-8-9-6-4-3-5-7-9;1-7(2)9-8-5-3-4-6-8;1-5-7-6(2,3)4;1-5(2,3)6-4/h3-7,10H,8-9H2,1-2H3;4-8,10H,3,9H2,1-2H3;8-10H,2-7H2,1H3;3-7,9H,8H2,1-2H3;10H,2-9H2,1H3;8-9H,3-7H2,1-2H3;3-8H,1-2H3;9H,2-8H2,1H3;7-8H,3-6H2,1-2H3;5H2,1-4H3;1-4H3. The van der Waals surface area contributed by atoms with E-state index < -0.39 is 0 Å². The van der Waals surface area contributed by atoms with Crippen LogP contribution in [0.3, 0.4) is 0 Å². The zero-order valence-corrected chi connectivity index (χ0v) is 75.0. The maximum Gasteiger partial charge on any atom is 0.119 e. The Morgan fingerprint density at radius 1 is 0.376 bits per heavy atom. The van der Waals surface area contributed by atoms with E-state index >= 15 is 0 Å². The highest BCUT2D eigenvalue weighted by Crippen LogP contribution is 2.48. The molecule has 0 aromatic heterocycles. The molecule has 10 rings (SSSR count). The lowest BCUT2D eigenvalue weighted by atomic mass is 9.87. The molecule has 0 amide bonds. The van der Waals surface area contributed by atoms with E-state index in [0.29, 0.717) is 42.7 Å². The number of benzene rings is 4. The van der Waals surface area contributed by atoms with Crippen LogP contribution >= 0.6 is 0 Å². The molecule has 109 heavy (non-hydrogen) atoms. The minimum Gasteiger partial charge on any atom is -0.491 e. The summed E-state index contributed by atoms with van der Waals surface area (Å²) in [5.74, 6) is 5.84. The molecule has 0 saturated heterocycles. The molecule has 6 fully saturated rings. The van der Waals surface area contributed by atoms with Gasteiger partial charge >= 0.3 is 0 Å². The maximum atomic E-state index is 5.69. The van der Waals surface area contributed by atoms with Gasteiger partial charge in [0.15, 0.2) is 0 Å². The molecule has 11 nitrogen and oxygen atoms in total.